The summed E-state index contributed by atoms with van der Waals surface area (Å²) in [6.45, 7) is 0. The molecule has 37 heavy (non-hydrogen) atoms. The van der Waals surface area contributed by atoms with Crippen LogP contribution in [0, 0.1) is 0 Å². The van der Waals surface area contributed by atoms with Crippen LogP contribution in [-0.4, -0.2) is 23.0 Å². The van der Waals surface area contributed by atoms with Crippen molar-refractivity contribution in [1.29, 1.82) is 0 Å². The number of hydrogen-bond donors (Lipinski definition) is 2. The summed E-state index contributed by atoms with van der Waals surface area (Å²) in [5.74, 6) is 1.05. The molecule has 6 rings (SSSR count). The van der Waals surface area contributed by atoms with Gasteiger partial charge in [-0.25, -0.2) is 18.4 Å². The highest BCUT2D eigenvalue weighted by atomic mass is 32.2. The Labute approximate surface area is 216 Å². The largest absolute Gasteiger partial charge is 0.383 e. The minimum Gasteiger partial charge on any atom is -0.383 e. The van der Waals surface area contributed by atoms with Crippen molar-refractivity contribution in [3.05, 3.63) is 91.1 Å². The summed E-state index contributed by atoms with van der Waals surface area (Å²) in [7, 11) is -3.66. The van der Waals surface area contributed by atoms with Crippen molar-refractivity contribution in [3.8, 4) is 22.5 Å². The molecular weight excluding hydrogens is 482 g/mol. The van der Waals surface area contributed by atoms with Crippen LogP contribution in [0.15, 0.2) is 96.0 Å². The van der Waals surface area contributed by atoms with Gasteiger partial charge in [0.05, 0.1) is 10.3 Å². The van der Waals surface area contributed by atoms with Gasteiger partial charge in [-0.3, -0.25) is 4.72 Å². The number of nitrogen functional groups attached to an aromatic ring is 1. The van der Waals surface area contributed by atoms with Gasteiger partial charge in [0.2, 0.25) is 0 Å². The SMILES string of the molecule is Nc1nc(-c2ccccc2)nc2c1c(-c1ccc(NS(=O)(=O)c3ccccc3)cc1)cn2C1CCCC1. The van der Waals surface area contributed by atoms with Gasteiger partial charge in [-0.2, -0.15) is 0 Å². The number of sulfonamides is 1. The zero-order chi connectivity index (χ0) is 25.4. The quantitative estimate of drug-likeness (QED) is 0.281. The van der Waals surface area contributed by atoms with E-state index in [0.717, 1.165) is 40.6 Å². The Balaban J connectivity index is 1.41. The van der Waals surface area contributed by atoms with E-state index in [4.69, 9.17) is 10.7 Å². The number of rotatable bonds is 6. The zero-order valence-corrected chi connectivity index (χ0v) is 21.0. The zero-order valence-electron chi connectivity index (χ0n) is 20.2. The van der Waals surface area contributed by atoms with Gasteiger partial charge in [0.25, 0.3) is 10.0 Å². The third-order valence-electron chi connectivity index (χ3n) is 6.95. The van der Waals surface area contributed by atoms with E-state index in [-0.39, 0.29) is 4.90 Å². The second-order valence-electron chi connectivity index (χ2n) is 9.38. The van der Waals surface area contributed by atoms with E-state index in [1.165, 1.54) is 12.8 Å². The molecule has 7 nitrogen and oxygen atoms in total. The number of nitrogens with one attached hydrogen (secondary N) is 1. The number of fused-ring (bicyclic) bond motifs is 1. The van der Waals surface area contributed by atoms with Gasteiger partial charge in [0, 0.05) is 29.1 Å². The van der Waals surface area contributed by atoms with Gasteiger partial charge in [0.15, 0.2) is 5.82 Å². The van der Waals surface area contributed by atoms with Crippen molar-refractivity contribution in [2.45, 2.75) is 36.6 Å². The van der Waals surface area contributed by atoms with E-state index in [1.54, 1.807) is 42.5 Å². The summed E-state index contributed by atoms with van der Waals surface area (Å²) < 4.78 is 30.4. The van der Waals surface area contributed by atoms with Crippen LogP contribution in [0.25, 0.3) is 33.5 Å². The van der Waals surface area contributed by atoms with Crippen LogP contribution in [0.3, 0.4) is 0 Å². The minimum atomic E-state index is -3.66. The van der Waals surface area contributed by atoms with E-state index in [0.29, 0.717) is 23.4 Å². The average Bonchev–Trinajstić information content (AvgIpc) is 3.59. The first kappa shape index (κ1) is 23.2. The molecule has 1 aliphatic carbocycles. The topological polar surface area (TPSA) is 103 Å². The van der Waals surface area contributed by atoms with Crippen molar-refractivity contribution in [1.82, 2.24) is 14.5 Å². The van der Waals surface area contributed by atoms with Crippen molar-refractivity contribution in [3.63, 3.8) is 0 Å². The molecular formula is C29H27N5O2S. The predicted molar refractivity (Wildman–Crippen MR) is 148 cm³/mol. The Kier molecular flexibility index (Phi) is 5.88. The number of aromatic nitrogens is 3. The molecule has 186 valence electrons. The van der Waals surface area contributed by atoms with Crippen molar-refractivity contribution in [2.24, 2.45) is 0 Å². The summed E-state index contributed by atoms with van der Waals surface area (Å²) in [5, 5.41) is 0.823. The summed E-state index contributed by atoms with van der Waals surface area (Å²) >= 11 is 0. The Morgan fingerprint density at radius 2 is 1.46 bits per heavy atom. The van der Waals surface area contributed by atoms with Crippen molar-refractivity contribution >= 4 is 32.6 Å². The van der Waals surface area contributed by atoms with Gasteiger partial charge in [-0.15, -0.1) is 0 Å². The molecule has 0 bridgehead atoms. The number of nitrogens with two attached hydrogens (primary N) is 1. The molecule has 1 aliphatic rings. The average molecular weight is 510 g/mol. The second-order valence-corrected chi connectivity index (χ2v) is 11.1. The van der Waals surface area contributed by atoms with Crippen LogP contribution in [0.1, 0.15) is 31.7 Å². The lowest BCUT2D eigenvalue weighted by Crippen LogP contribution is -2.12. The molecule has 1 saturated carbocycles. The normalized spacial score (nSPS) is 14.3. The monoisotopic (exact) mass is 509 g/mol. The maximum Gasteiger partial charge on any atom is 0.261 e. The maximum absolute atomic E-state index is 12.7. The van der Waals surface area contributed by atoms with Crippen LogP contribution >= 0.6 is 0 Å². The fourth-order valence-electron chi connectivity index (χ4n) is 5.10. The standard InChI is InChI=1S/C29H27N5O2S/c30-27-26-25(20-15-17-22(18-16-20)33-37(35,36)24-13-5-2-6-14-24)19-34(23-11-7-8-12-23)29(26)32-28(31-27)21-9-3-1-4-10-21/h1-6,9-10,13-19,23,33H,7-8,11-12H2,(H2,30,31,32). The summed E-state index contributed by atoms with van der Waals surface area (Å²) in [5.41, 5.74) is 10.7. The lowest BCUT2D eigenvalue weighted by molar-refractivity contribution is 0.532. The van der Waals surface area contributed by atoms with E-state index in [1.807, 2.05) is 42.5 Å². The molecule has 0 amide bonds. The summed E-state index contributed by atoms with van der Waals surface area (Å²) in [6, 6.07) is 25.9. The van der Waals surface area contributed by atoms with Gasteiger partial charge in [-0.1, -0.05) is 73.5 Å². The molecule has 5 aromatic rings. The van der Waals surface area contributed by atoms with E-state index in [9.17, 15) is 8.42 Å². The van der Waals surface area contributed by atoms with Crippen LogP contribution in [0.2, 0.25) is 0 Å². The Morgan fingerprint density at radius 1 is 0.811 bits per heavy atom. The third kappa shape index (κ3) is 4.44. The highest BCUT2D eigenvalue weighted by Gasteiger charge is 2.24. The molecule has 0 aliphatic heterocycles. The Bertz CT molecular complexity index is 1660. The van der Waals surface area contributed by atoms with Crippen LogP contribution in [-0.2, 0) is 10.0 Å². The Morgan fingerprint density at radius 3 is 2.14 bits per heavy atom. The fourth-order valence-corrected chi connectivity index (χ4v) is 6.18. The first-order chi connectivity index (χ1) is 18.0. The molecule has 0 atom stereocenters. The fraction of sp³-hybridized carbons (Fsp3) is 0.172. The third-order valence-corrected chi connectivity index (χ3v) is 8.35. The van der Waals surface area contributed by atoms with Crippen LogP contribution in [0.5, 0.6) is 0 Å². The molecule has 0 unspecified atom stereocenters. The van der Waals surface area contributed by atoms with Crippen LogP contribution in [0.4, 0.5) is 11.5 Å². The molecule has 2 heterocycles. The lowest BCUT2D eigenvalue weighted by atomic mass is 10.1. The number of benzene rings is 3. The van der Waals surface area contributed by atoms with Crippen molar-refractivity contribution < 1.29 is 8.42 Å². The smallest absolute Gasteiger partial charge is 0.261 e. The highest BCUT2D eigenvalue weighted by Crippen LogP contribution is 2.40. The molecule has 0 radical (unpaired) electrons. The molecule has 8 heteroatoms. The maximum atomic E-state index is 12.7. The summed E-state index contributed by atoms with van der Waals surface area (Å²) in [4.78, 5) is 9.86. The van der Waals surface area contributed by atoms with Gasteiger partial charge < -0.3 is 10.3 Å². The highest BCUT2D eigenvalue weighted by molar-refractivity contribution is 7.92. The number of anilines is 2. The van der Waals surface area contributed by atoms with Gasteiger partial charge >= 0.3 is 0 Å². The first-order valence-corrected chi connectivity index (χ1v) is 13.9. The first-order valence-electron chi connectivity index (χ1n) is 12.4. The van der Waals surface area contributed by atoms with Gasteiger partial charge in [0.1, 0.15) is 11.5 Å². The second kappa shape index (κ2) is 9.37. The van der Waals surface area contributed by atoms with E-state index in [2.05, 4.69) is 20.5 Å². The molecule has 3 aromatic carbocycles. The Hall–Kier alpha value is -4.17. The lowest BCUT2D eigenvalue weighted by Gasteiger charge is -2.13. The minimum absolute atomic E-state index is 0.220. The molecule has 1 fully saturated rings. The molecule has 0 saturated heterocycles. The molecule has 2 aromatic heterocycles. The number of hydrogen-bond acceptors (Lipinski definition) is 5. The van der Waals surface area contributed by atoms with E-state index >= 15 is 0 Å². The number of nitrogens with zero attached hydrogens (tertiary/aromatic N) is 3. The molecule has 3 N–H and O–H groups in total. The van der Waals surface area contributed by atoms with E-state index < -0.39 is 10.0 Å². The van der Waals surface area contributed by atoms with Crippen LogP contribution < -0.4 is 10.5 Å². The van der Waals surface area contributed by atoms with Crippen molar-refractivity contribution in [2.75, 3.05) is 10.5 Å². The molecule has 0 spiro atoms. The predicted octanol–water partition coefficient (Wildman–Crippen LogP) is 6.26. The van der Waals surface area contributed by atoms with Gasteiger partial charge in [-0.05, 0) is 42.7 Å². The summed E-state index contributed by atoms with van der Waals surface area (Å²) in [6.07, 6.45) is 6.73.